The van der Waals surface area contributed by atoms with E-state index in [1.54, 1.807) is 36.4 Å². The first kappa shape index (κ1) is 19.7. The molecule has 29 heavy (non-hydrogen) atoms. The highest BCUT2D eigenvalue weighted by atomic mass is 16.5. The molecule has 0 spiro atoms. The molecule has 0 amide bonds. The zero-order chi connectivity index (χ0) is 21.0. The number of aromatic carboxylic acids is 1. The van der Waals surface area contributed by atoms with Crippen LogP contribution in [0.2, 0.25) is 0 Å². The van der Waals surface area contributed by atoms with Crippen molar-refractivity contribution in [1.82, 2.24) is 0 Å². The predicted octanol–water partition coefficient (Wildman–Crippen LogP) is 5.27. The molecule has 0 unspecified atom stereocenters. The van der Waals surface area contributed by atoms with Crippen LogP contribution in [-0.2, 0) is 0 Å². The van der Waals surface area contributed by atoms with E-state index in [4.69, 9.17) is 4.74 Å². The molecule has 0 aliphatic rings. The predicted molar refractivity (Wildman–Crippen MR) is 108 cm³/mol. The van der Waals surface area contributed by atoms with Crippen LogP contribution in [0.15, 0.2) is 64.8 Å². The van der Waals surface area contributed by atoms with Crippen molar-refractivity contribution < 1.29 is 24.9 Å². The maximum atomic E-state index is 11.7. The van der Waals surface area contributed by atoms with Gasteiger partial charge in [-0.3, -0.25) is 0 Å². The van der Waals surface area contributed by atoms with Crippen molar-refractivity contribution >= 4 is 28.7 Å². The second-order valence-electron chi connectivity index (χ2n) is 6.21. The van der Waals surface area contributed by atoms with E-state index in [1.807, 2.05) is 19.1 Å². The number of nitrogens with zero attached hydrogens (tertiary/aromatic N) is 2. The number of azo groups is 1. The highest BCUT2D eigenvalue weighted by molar-refractivity contribution is 6.01. The monoisotopic (exact) mass is 393 g/mol. The Kier molecular flexibility index (Phi) is 5.64. The minimum Gasteiger partial charge on any atom is -0.506 e. The number of hydrogen-bond donors (Lipinski definition) is 4. The minimum atomic E-state index is -1.45. The van der Waals surface area contributed by atoms with Crippen LogP contribution in [0.4, 0.5) is 22.7 Å². The standard InChI is InChI=1S/C21H19N3O5/c1-12-3-5-13(6-4-12)22-16-11-17(25)19(18(20(16)26)21(27)28)24-23-14-7-9-15(29-2)10-8-14/h3-11,22,25-26H,1-2H3,(H,27,28). The van der Waals surface area contributed by atoms with Crippen LogP contribution in [0, 0.1) is 6.92 Å². The SMILES string of the molecule is COc1ccc(N=Nc2c(O)cc(Nc3ccc(C)cc3)c(O)c2C(=O)O)cc1. The van der Waals surface area contributed by atoms with Gasteiger partial charge in [0.25, 0.3) is 0 Å². The quantitative estimate of drug-likeness (QED) is 0.257. The van der Waals surface area contributed by atoms with Crippen LogP contribution < -0.4 is 10.1 Å². The Hall–Kier alpha value is -4.07. The highest BCUT2D eigenvalue weighted by Crippen LogP contribution is 2.43. The molecule has 0 saturated carbocycles. The first-order valence-electron chi connectivity index (χ1n) is 8.60. The van der Waals surface area contributed by atoms with Gasteiger partial charge in [0, 0.05) is 11.8 Å². The number of anilines is 2. The molecule has 0 heterocycles. The molecule has 3 rings (SSSR count). The molecule has 3 aromatic carbocycles. The number of carboxylic acid groups (broad SMARTS) is 1. The Morgan fingerprint density at radius 3 is 2.24 bits per heavy atom. The molecule has 8 heteroatoms. The molecule has 8 nitrogen and oxygen atoms in total. The van der Waals surface area contributed by atoms with E-state index in [-0.39, 0.29) is 11.4 Å². The summed E-state index contributed by atoms with van der Waals surface area (Å²) in [7, 11) is 1.53. The molecular formula is C21H19N3O5. The van der Waals surface area contributed by atoms with E-state index < -0.39 is 23.0 Å². The van der Waals surface area contributed by atoms with Crippen LogP contribution in [0.5, 0.6) is 17.2 Å². The maximum absolute atomic E-state index is 11.7. The summed E-state index contributed by atoms with van der Waals surface area (Å²) < 4.78 is 5.06. The van der Waals surface area contributed by atoms with Gasteiger partial charge < -0.3 is 25.4 Å². The zero-order valence-corrected chi connectivity index (χ0v) is 15.7. The Morgan fingerprint density at radius 2 is 1.66 bits per heavy atom. The fourth-order valence-corrected chi connectivity index (χ4v) is 2.60. The molecule has 0 fully saturated rings. The van der Waals surface area contributed by atoms with Gasteiger partial charge in [-0.15, -0.1) is 5.11 Å². The van der Waals surface area contributed by atoms with E-state index in [1.165, 1.54) is 13.2 Å². The van der Waals surface area contributed by atoms with E-state index in [0.29, 0.717) is 17.1 Å². The number of phenolic OH excluding ortho intramolecular Hbond substituents is 1. The lowest BCUT2D eigenvalue weighted by Crippen LogP contribution is -2.01. The number of phenols is 2. The van der Waals surface area contributed by atoms with Crippen molar-refractivity contribution in [3.05, 3.63) is 65.7 Å². The molecule has 0 atom stereocenters. The van der Waals surface area contributed by atoms with Crippen molar-refractivity contribution in [2.24, 2.45) is 10.2 Å². The van der Waals surface area contributed by atoms with Gasteiger partial charge in [-0.1, -0.05) is 17.7 Å². The average molecular weight is 393 g/mol. The molecule has 0 bridgehead atoms. The second-order valence-corrected chi connectivity index (χ2v) is 6.21. The van der Waals surface area contributed by atoms with Gasteiger partial charge in [0.15, 0.2) is 5.75 Å². The number of methoxy groups -OCH3 is 1. The van der Waals surface area contributed by atoms with Gasteiger partial charge in [0.2, 0.25) is 0 Å². The first-order valence-corrected chi connectivity index (χ1v) is 8.60. The van der Waals surface area contributed by atoms with Gasteiger partial charge >= 0.3 is 5.97 Å². The third-order valence-electron chi connectivity index (χ3n) is 4.13. The molecule has 148 valence electrons. The number of ether oxygens (including phenoxy) is 1. The number of carboxylic acids is 1. The highest BCUT2D eigenvalue weighted by Gasteiger charge is 2.23. The third-order valence-corrected chi connectivity index (χ3v) is 4.13. The largest absolute Gasteiger partial charge is 0.506 e. The van der Waals surface area contributed by atoms with Gasteiger partial charge in [0.05, 0.1) is 18.5 Å². The van der Waals surface area contributed by atoms with Crippen molar-refractivity contribution in [2.75, 3.05) is 12.4 Å². The smallest absolute Gasteiger partial charge is 0.342 e. The molecular weight excluding hydrogens is 374 g/mol. The Labute approximate surface area is 166 Å². The van der Waals surface area contributed by atoms with Crippen LogP contribution in [0.3, 0.4) is 0 Å². The normalized spacial score (nSPS) is 10.8. The van der Waals surface area contributed by atoms with Gasteiger partial charge in [-0.2, -0.15) is 5.11 Å². The van der Waals surface area contributed by atoms with E-state index in [2.05, 4.69) is 15.5 Å². The molecule has 0 aliphatic carbocycles. The number of aryl methyl sites for hydroxylation is 1. The lowest BCUT2D eigenvalue weighted by molar-refractivity contribution is 0.0694. The van der Waals surface area contributed by atoms with E-state index >= 15 is 0 Å². The van der Waals surface area contributed by atoms with Crippen molar-refractivity contribution in [1.29, 1.82) is 0 Å². The molecule has 3 aromatic rings. The summed E-state index contributed by atoms with van der Waals surface area (Å²) in [6.07, 6.45) is 0. The summed E-state index contributed by atoms with van der Waals surface area (Å²) in [5, 5.41) is 41.0. The topological polar surface area (TPSA) is 124 Å². The molecule has 0 aliphatic heterocycles. The Balaban J connectivity index is 1.98. The number of aromatic hydroxyl groups is 2. The fraction of sp³-hybridized carbons (Fsp3) is 0.0952. The number of benzene rings is 3. The van der Waals surface area contributed by atoms with Crippen molar-refractivity contribution in [3.63, 3.8) is 0 Å². The number of rotatable bonds is 6. The Morgan fingerprint density at radius 1 is 1.00 bits per heavy atom. The van der Waals surface area contributed by atoms with E-state index in [0.717, 1.165) is 5.56 Å². The summed E-state index contributed by atoms with van der Waals surface area (Å²) in [5.41, 5.74) is 1.21. The number of hydrogen-bond acceptors (Lipinski definition) is 7. The van der Waals surface area contributed by atoms with Crippen LogP contribution in [0.1, 0.15) is 15.9 Å². The van der Waals surface area contributed by atoms with Gasteiger partial charge in [-0.25, -0.2) is 4.79 Å². The molecule has 0 aromatic heterocycles. The Bertz CT molecular complexity index is 1060. The summed E-state index contributed by atoms with van der Waals surface area (Å²) in [6.45, 7) is 1.93. The van der Waals surface area contributed by atoms with E-state index in [9.17, 15) is 20.1 Å². The maximum Gasteiger partial charge on any atom is 0.342 e. The van der Waals surface area contributed by atoms with Gasteiger partial charge in [-0.05, 0) is 43.3 Å². The van der Waals surface area contributed by atoms with Crippen molar-refractivity contribution in [3.8, 4) is 17.2 Å². The zero-order valence-electron chi connectivity index (χ0n) is 15.7. The lowest BCUT2D eigenvalue weighted by atomic mass is 10.1. The summed E-state index contributed by atoms with van der Waals surface area (Å²) >= 11 is 0. The number of nitrogens with one attached hydrogen (secondary N) is 1. The third kappa shape index (κ3) is 4.44. The van der Waals surface area contributed by atoms with Crippen LogP contribution in [-0.4, -0.2) is 28.4 Å². The summed E-state index contributed by atoms with van der Waals surface area (Å²) in [5.74, 6) is -1.82. The molecule has 0 saturated heterocycles. The minimum absolute atomic E-state index is 0.0344. The first-order chi connectivity index (χ1) is 13.9. The second kappa shape index (κ2) is 8.30. The summed E-state index contributed by atoms with van der Waals surface area (Å²) in [6, 6.07) is 15.0. The van der Waals surface area contributed by atoms with Crippen LogP contribution >= 0.6 is 0 Å². The van der Waals surface area contributed by atoms with Crippen molar-refractivity contribution in [2.45, 2.75) is 6.92 Å². The van der Waals surface area contributed by atoms with Gasteiger partial charge in [0.1, 0.15) is 22.7 Å². The average Bonchev–Trinajstić information content (AvgIpc) is 2.71. The molecule has 0 radical (unpaired) electrons. The lowest BCUT2D eigenvalue weighted by Gasteiger charge is -2.13. The summed E-state index contributed by atoms with van der Waals surface area (Å²) in [4.78, 5) is 11.7. The van der Waals surface area contributed by atoms with Crippen LogP contribution in [0.25, 0.3) is 0 Å². The fourth-order valence-electron chi connectivity index (χ4n) is 2.60. The number of carbonyl (C=O) groups is 1. The molecule has 4 N–H and O–H groups in total.